The molecule has 1 amide bonds. The van der Waals surface area contributed by atoms with E-state index in [-0.39, 0.29) is 23.4 Å². The van der Waals surface area contributed by atoms with E-state index in [0.717, 1.165) is 11.0 Å². The fourth-order valence-electron chi connectivity index (χ4n) is 3.12. The van der Waals surface area contributed by atoms with Crippen molar-refractivity contribution >= 4 is 15.9 Å². The molecule has 0 aliphatic carbocycles. The zero-order valence-electron chi connectivity index (χ0n) is 17.8. The van der Waals surface area contributed by atoms with Crippen molar-refractivity contribution in [1.29, 1.82) is 0 Å². The lowest BCUT2D eigenvalue weighted by molar-refractivity contribution is -0.122. The van der Waals surface area contributed by atoms with Crippen LogP contribution in [0.3, 0.4) is 0 Å². The van der Waals surface area contributed by atoms with E-state index in [2.05, 4.69) is 19.2 Å². The third kappa shape index (κ3) is 7.03. The fourth-order valence-corrected chi connectivity index (χ4v) is 4.59. The highest BCUT2D eigenvalue weighted by Crippen LogP contribution is 2.13. The second-order valence-electron chi connectivity index (χ2n) is 7.58. The molecule has 0 fully saturated rings. The van der Waals surface area contributed by atoms with Gasteiger partial charge >= 0.3 is 0 Å². The molecule has 0 aromatic carbocycles. The number of carbonyl (C=O) groups is 1. The minimum absolute atomic E-state index is 0.00984. The van der Waals surface area contributed by atoms with Crippen LogP contribution < -0.4 is 10.9 Å². The second kappa shape index (κ2) is 10.7. The number of nitrogens with zero attached hydrogens (tertiary/aromatic N) is 3. The molecule has 28 heavy (non-hydrogen) atoms. The SMILES string of the molecule is CCN(CC)S(=O)(=O)c1ccc(=O)n(CC(=O)NC(CC(C)C)CN(C)C)c1. The van der Waals surface area contributed by atoms with E-state index in [1.165, 1.54) is 22.6 Å². The van der Waals surface area contributed by atoms with Crippen LogP contribution in [0, 0.1) is 5.92 Å². The molecule has 1 unspecified atom stereocenters. The predicted molar refractivity (Wildman–Crippen MR) is 111 cm³/mol. The average Bonchev–Trinajstić information content (AvgIpc) is 2.56. The topological polar surface area (TPSA) is 91.7 Å². The van der Waals surface area contributed by atoms with Gasteiger partial charge in [-0.1, -0.05) is 27.7 Å². The van der Waals surface area contributed by atoms with Crippen molar-refractivity contribution in [1.82, 2.24) is 19.1 Å². The largest absolute Gasteiger partial charge is 0.351 e. The summed E-state index contributed by atoms with van der Waals surface area (Å²) in [6.45, 7) is 8.81. The van der Waals surface area contributed by atoms with Crippen LogP contribution in [0.15, 0.2) is 28.0 Å². The van der Waals surface area contributed by atoms with Crippen molar-refractivity contribution in [3.8, 4) is 0 Å². The smallest absolute Gasteiger partial charge is 0.251 e. The van der Waals surface area contributed by atoms with Crippen LogP contribution in [0.2, 0.25) is 0 Å². The normalized spacial score (nSPS) is 13.3. The van der Waals surface area contributed by atoms with Crippen LogP contribution >= 0.6 is 0 Å². The number of hydrogen-bond acceptors (Lipinski definition) is 5. The van der Waals surface area contributed by atoms with E-state index in [1.54, 1.807) is 13.8 Å². The number of nitrogens with one attached hydrogen (secondary N) is 1. The molecule has 1 atom stereocenters. The Morgan fingerprint density at radius 1 is 1.18 bits per heavy atom. The molecule has 1 aromatic heterocycles. The summed E-state index contributed by atoms with van der Waals surface area (Å²) in [4.78, 5) is 26.7. The second-order valence-corrected chi connectivity index (χ2v) is 9.51. The van der Waals surface area contributed by atoms with Gasteiger partial charge in [-0.3, -0.25) is 9.59 Å². The Kier molecular flexibility index (Phi) is 9.32. The molecule has 0 aliphatic heterocycles. The number of rotatable bonds is 11. The molecule has 0 bridgehead atoms. The maximum Gasteiger partial charge on any atom is 0.251 e. The summed E-state index contributed by atoms with van der Waals surface area (Å²) in [6, 6.07) is 2.44. The standard InChI is InChI=1S/C19H34N4O4S/c1-7-23(8-2)28(26,27)17-9-10-19(25)22(13-17)14-18(24)20-16(11-15(3)4)12-21(5)6/h9-10,13,15-16H,7-8,11-12,14H2,1-6H3,(H,20,24). The highest BCUT2D eigenvalue weighted by molar-refractivity contribution is 7.89. The molecule has 0 saturated carbocycles. The number of hydrogen-bond donors (Lipinski definition) is 1. The first-order valence-corrected chi connectivity index (χ1v) is 11.1. The van der Waals surface area contributed by atoms with Crippen LogP contribution in [0.1, 0.15) is 34.1 Å². The maximum absolute atomic E-state index is 12.7. The minimum Gasteiger partial charge on any atom is -0.351 e. The Morgan fingerprint density at radius 3 is 2.29 bits per heavy atom. The maximum atomic E-state index is 12.7. The highest BCUT2D eigenvalue weighted by atomic mass is 32.2. The Labute approximate surface area is 168 Å². The Bertz CT molecular complexity index is 788. The van der Waals surface area contributed by atoms with Crippen LogP contribution in [0.25, 0.3) is 0 Å². The molecule has 1 N–H and O–H groups in total. The summed E-state index contributed by atoms with van der Waals surface area (Å²) in [5.74, 6) is 0.0995. The molecule has 8 nitrogen and oxygen atoms in total. The van der Waals surface area contributed by atoms with Gasteiger partial charge in [0, 0.05) is 37.9 Å². The molecular weight excluding hydrogens is 380 g/mol. The lowest BCUT2D eigenvalue weighted by atomic mass is 10.0. The van der Waals surface area contributed by atoms with Gasteiger partial charge in [0.05, 0.1) is 4.90 Å². The third-order valence-corrected chi connectivity index (χ3v) is 6.35. The molecule has 1 rings (SSSR count). The molecule has 9 heteroatoms. The highest BCUT2D eigenvalue weighted by Gasteiger charge is 2.23. The summed E-state index contributed by atoms with van der Waals surface area (Å²) >= 11 is 0. The number of likely N-dealkylation sites (N-methyl/N-ethyl adjacent to an activating group) is 1. The van der Waals surface area contributed by atoms with E-state index in [1.807, 2.05) is 19.0 Å². The molecule has 160 valence electrons. The molecule has 0 saturated heterocycles. The molecule has 1 heterocycles. The lowest BCUT2D eigenvalue weighted by Gasteiger charge is -2.24. The van der Waals surface area contributed by atoms with Crippen molar-refractivity contribution in [3.63, 3.8) is 0 Å². The first kappa shape index (κ1) is 24.3. The van der Waals surface area contributed by atoms with E-state index in [9.17, 15) is 18.0 Å². The van der Waals surface area contributed by atoms with Crippen molar-refractivity contribution < 1.29 is 13.2 Å². The van der Waals surface area contributed by atoms with Crippen LogP contribution in [0.5, 0.6) is 0 Å². The third-order valence-electron chi connectivity index (χ3n) is 4.32. The monoisotopic (exact) mass is 414 g/mol. The zero-order valence-corrected chi connectivity index (χ0v) is 18.6. The number of sulfonamides is 1. The first-order valence-electron chi connectivity index (χ1n) is 9.65. The van der Waals surface area contributed by atoms with Crippen LogP contribution in [0.4, 0.5) is 0 Å². The number of pyridine rings is 1. The van der Waals surface area contributed by atoms with Gasteiger partial charge in [-0.15, -0.1) is 0 Å². The number of amides is 1. The fraction of sp³-hybridized carbons (Fsp3) is 0.684. The molecule has 0 spiro atoms. The number of carbonyl (C=O) groups excluding carboxylic acids is 1. The van der Waals surface area contributed by atoms with Crippen LogP contribution in [-0.2, 0) is 21.4 Å². The van der Waals surface area contributed by atoms with Crippen molar-refractivity contribution in [2.24, 2.45) is 5.92 Å². The summed E-state index contributed by atoms with van der Waals surface area (Å²) in [5.41, 5.74) is -0.415. The van der Waals surface area contributed by atoms with Crippen LogP contribution in [-0.4, -0.2) is 67.9 Å². The summed E-state index contributed by atoms with van der Waals surface area (Å²) < 4.78 is 27.8. The Balaban J connectivity index is 3.02. The van der Waals surface area contributed by atoms with Crippen molar-refractivity contribution in [2.45, 2.75) is 51.6 Å². The Morgan fingerprint density at radius 2 is 1.79 bits per heavy atom. The zero-order chi connectivity index (χ0) is 21.5. The summed E-state index contributed by atoms with van der Waals surface area (Å²) in [7, 11) is 0.176. The summed E-state index contributed by atoms with van der Waals surface area (Å²) in [5, 5.41) is 2.96. The van der Waals surface area contributed by atoms with Gasteiger partial charge in [0.25, 0.3) is 5.56 Å². The molecule has 0 aliphatic rings. The lowest BCUT2D eigenvalue weighted by Crippen LogP contribution is -2.44. The van der Waals surface area contributed by atoms with Gasteiger partial charge in [0.2, 0.25) is 15.9 Å². The quantitative estimate of drug-likeness (QED) is 0.583. The van der Waals surface area contributed by atoms with E-state index in [0.29, 0.717) is 25.6 Å². The van der Waals surface area contributed by atoms with Gasteiger partial charge in [-0.25, -0.2) is 8.42 Å². The van der Waals surface area contributed by atoms with Crippen molar-refractivity contribution in [2.75, 3.05) is 33.7 Å². The van der Waals surface area contributed by atoms with E-state index >= 15 is 0 Å². The molecule has 1 aromatic rings. The van der Waals surface area contributed by atoms with Crippen molar-refractivity contribution in [3.05, 3.63) is 28.7 Å². The molecular formula is C19H34N4O4S. The van der Waals surface area contributed by atoms with Gasteiger partial charge < -0.3 is 14.8 Å². The average molecular weight is 415 g/mol. The van der Waals surface area contributed by atoms with Gasteiger partial charge in [-0.2, -0.15) is 4.31 Å². The number of aromatic nitrogens is 1. The van der Waals surface area contributed by atoms with Gasteiger partial charge in [0.1, 0.15) is 6.54 Å². The Hall–Kier alpha value is -1.71. The minimum atomic E-state index is -3.70. The predicted octanol–water partition coefficient (Wildman–Crippen LogP) is 0.971. The first-order chi connectivity index (χ1) is 13.0. The van der Waals surface area contributed by atoms with Gasteiger partial charge in [0.15, 0.2) is 0 Å². The van der Waals surface area contributed by atoms with E-state index in [4.69, 9.17) is 0 Å². The summed E-state index contributed by atoms with van der Waals surface area (Å²) in [6.07, 6.45) is 2.06. The van der Waals surface area contributed by atoms with Gasteiger partial charge in [-0.05, 0) is 32.5 Å². The molecule has 0 radical (unpaired) electrons. The van der Waals surface area contributed by atoms with E-state index < -0.39 is 15.6 Å².